The standard InChI is InChI=1S/C8H15NO3.ClH/c9-7(8(11)12)5-1-3-6(10)4-2-5;/h5-7,10H,1-4,9H2,(H,11,12);1H/t5?,6?,7-;/m1./s1. The molecule has 1 rings (SSSR count). The van der Waals surface area contributed by atoms with E-state index in [1.807, 2.05) is 0 Å². The fourth-order valence-corrected chi connectivity index (χ4v) is 1.66. The second kappa shape index (κ2) is 5.42. The number of carboxylic acids is 1. The Morgan fingerprint density at radius 1 is 1.31 bits per heavy atom. The number of aliphatic hydroxyl groups is 1. The first-order valence-electron chi connectivity index (χ1n) is 4.27. The smallest absolute Gasteiger partial charge is 0.320 e. The molecule has 0 unspecified atom stereocenters. The molecule has 5 heteroatoms. The first-order valence-corrected chi connectivity index (χ1v) is 4.27. The summed E-state index contributed by atoms with van der Waals surface area (Å²) in [4.78, 5) is 10.5. The van der Waals surface area contributed by atoms with E-state index in [1.54, 1.807) is 0 Å². The van der Waals surface area contributed by atoms with Crippen molar-refractivity contribution in [3.63, 3.8) is 0 Å². The third-order valence-corrected chi connectivity index (χ3v) is 2.53. The van der Waals surface area contributed by atoms with Crippen LogP contribution in [0, 0.1) is 5.92 Å². The maximum Gasteiger partial charge on any atom is 0.320 e. The van der Waals surface area contributed by atoms with Crippen LogP contribution in [-0.4, -0.2) is 28.3 Å². The van der Waals surface area contributed by atoms with Gasteiger partial charge in [0.1, 0.15) is 6.04 Å². The number of hydrogen-bond acceptors (Lipinski definition) is 3. The minimum absolute atomic E-state index is 0. The lowest BCUT2D eigenvalue weighted by Crippen LogP contribution is -2.40. The molecule has 13 heavy (non-hydrogen) atoms. The third-order valence-electron chi connectivity index (χ3n) is 2.53. The monoisotopic (exact) mass is 209 g/mol. The van der Waals surface area contributed by atoms with Gasteiger partial charge in [-0.15, -0.1) is 12.4 Å². The van der Waals surface area contributed by atoms with Crippen LogP contribution in [0.5, 0.6) is 0 Å². The molecular formula is C8H16ClNO3. The zero-order valence-electron chi connectivity index (χ0n) is 7.35. The van der Waals surface area contributed by atoms with Crippen LogP contribution in [-0.2, 0) is 4.79 Å². The minimum atomic E-state index is -0.934. The fourth-order valence-electron chi connectivity index (χ4n) is 1.66. The number of halogens is 1. The highest BCUT2D eigenvalue weighted by Gasteiger charge is 2.28. The highest BCUT2D eigenvalue weighted by atomic mass is 35.5. The Labute approximate surface area is 83.5 Å². The van der Waals surface area contributed by atoms with Crippen molar-refractivity contribution < 1.29 is 15.0 Å². The number of aliphatic hydroxyl groups excluding tert-OH is 1. The molecule has 0 aromatic carbocycles. The van der Waals surface area contributed by atoms with Gasteiger partial charge in [-0.1, -0.05) is 0 Å². The average molecular weight is 210 g/mol. The number of nitrogens with two attached hydrogens (primary N) is 1. The lowest BCUT2D eigenvalue weighted by Gasteiger charge is -2.27. The molecular weight excluding hydrogens is 194 g/mol. The minimum Gasteiger partial charge on any atom is -0.480 e. The molecule has 0 saturated heterocycles. The summed E-state index contributed by atoms with van der Waals surface area (Å²) in [7, 11) is 0. The maximum atomic E-state index is 10.5. The fraction of sp³-hybridized carbons (Fsp3) is 0.875. The predicted molar refractivity (Wildman–Crippen MR) is 50.8 cm³/mol. The van der Waals surface area contributed by atoms with Crippen LogP contribution in [0.15, 0.2) is 0 Å². The van der Waals surface area contributed by atoms with Crippen molar-refractivity contribution in [2.45, 2.75) is 37.8 Å². The topological polar surface area (TPSA) is 83.6 Å². The van der Waals surface area contributed by atoms with Crippen LogP contribution in [0.25, 0.3) is 0 Å². The molecule has 0 radical (unpaired) electrons. The van der Waals surface area contributed by atoms with Crippen LogP contribution < -0.4 is 5.73 Å². The Hall–Kier alpha value is -0.320. The van der Waals surface area contributed by atoms with Crippen LogP contribution in [0.2, 0.25) is 0 Å². The van der Waals surface area contributed by atoms with Gasteiger partial charge < -0.3 is 15.9 Å². The maximum absolute atomic E-state index is 10.5. The predicted octanol–water partition coefficient (Wildman–Crippen LogP) is 0.371. The van der Waals surface area contributed by atoms with E-state index in [9.17, 15) is 4.79 Å². The van der Waals surface area contributed by atoms with Gasteiger partial charge >= 0.3 is 5.97 Å². The van der Waals surface area contributed by atoms with Crippen molar-refractivity contribution in [3.8, 4) is 0 Å². The molecule has 4 nitrogen and oxygen atoms in total. The lowest BCUT2D eigenvalue weighted by atomic mass is 9.83. The third kappa shape index (κ3) is 3.50. The zero-order chi connectivity index (χ0) is 9.14. The molecule has 1 aliphatic carbocycles. The van der Waals surface area contributed by atoms with Gasteiger partial charge in [-0.25, -0.2) is 0 Å². The Balaban J connectivity index is 0.00000144. The normalized spacial score (nSPS) is 30.3. The van der Waals surface area contributed by atoms with Gasteiger partial charge in [-0.05, 0) is 31.6 Å². The molecule has 1 aliphatic rings. The summed E-state index contributed by atoms with van der Waals surface area (Å²) in [5.41, 5.74) is 5.46. The van der Waals surface area contributed by atoms with Crippen molar-refractivity contribution >= 4 is 18.4 Å². The average Bonchev–Trinajstić information content (AvgIpc) is 2.04. The summed E-state index contributed by atoms with van der Waals surface area (Å²) in [5.74, 6) is -0.887. The number of hydrogen-bond donors (Lipinski definition) is 3. The van der Waals surface area contributed by atoms with E-state index < -0.39 is 12.0 Å². The Kier molecular flexibility index (Phi) is 5.29. The Morgan fingerprint density at radius 2 is 1.77 bits per heavy atom. The molecule has 78 valence electrons. The summed E-state index contributed by atoms with van der Waals surface area (Å²) in [6, 6.07) is -0.752. The van der Waals surface area contributed by atoms with E-state index in [0.717, 1.165) is 12.8 Å². The van der Waals surface area contributed by atoms with Crippen molar-refractivity contribution in [2.75, 3.05) is 0 Å². The van der Waals surface area contributed by atoms with Gasteiger partial charge in [0, 0.05) is 0 Å². The van der Waals surface area contributed by atoms with Crippen molar-refractivity contribution in [1.29, 1.82) is 0 Å². The molecule has 0 aliphatic heterocycles. The highest BCUT2D eigenvalue weighted by molar-refractivity contribution is 5.85. The molecule has 0 spiro atoms. The first-order chi connectivity index (χ1) is 5.61. The summed E-state index contributed by atoms with van der Waals surface area (Å²) >= 11 is 0. The Bertz CT molecular complexity index is 169. The summed E-state index contributed by atoms with van der Waals surface area (Å²) in [5, 5.41) is 17.8. The highest BCUT2D eigenvalue weighted by Crippen LogP contribution is 2.25. The molecule has 0 bridgehead atoms. The number of carboxylic acid groups (broad SMARTS) is 1. The molecule has 0 amide bonds. The first kappa shape index (κ1) is 12.7. The van der Waals surface area contributed by atoms with Gasteiger partial charge in [0.15, 0.2) is 0 Å². The van der Waals surface area contributed by atoms with E-state index in [-0.39, 0.29) is 24.4 Å². The Morgan fingerprint density at radius 3 is 2.15 bits per heavy atom. The second-order valence-corrected chi connectivity index (χ2v) is 3.43. The zero-order valence-corrected chi connectivity index (χ0v) is 8.17. The van der Waals surface area contributed by atoms with Gasteiger partial charge in [0.25, 0.3) is 0 Å². The van der Waals surface area contributed by atoms with Gasteiger partial charge in [0.2, 0.25) is 0 Å². The van der Waals surface area contributed by atoms with Crippen LogP contribution in [0.1, 0.15) is 25.7 Å². The largest absolute Gasteiger partial charge is 0.480 e. The molecule has 1 atom stereocenters. The van der Waals surface area contributed by atoms with E-state index >= 15 is 0 Å². The quantitative estimate of drug-likeness (QED) is 0.614. The number of carbonyl (C=O) groups is 1. The van der Waals surface area contributed by atoms with E-state index in [4.69, 9.17) is 15.9 Å². The molecule has 0 heterocycles. The van der Waals surface area contributed by atoms with Gasteiger partial charge in [-0.3, -0.25) is 4.79 Å². The van der Waals surface area contributed by atoms with Gasteiger partial charge in [0.05, 0.1) is 6.10 Å². The molecule has 0 aromatic rings. The summed E-state index contributed by atoms with van der Waals surface area (Å²) < 4.78 is 0. The van der Waals surface area contributed by atoms with Crippen molar-refractivity contribution in [2.24, 2.45) is 11.7 Å². The summed E-state index contributed by atoms with van der Waals surface area (Å²) in [6.45, 7) is 0. The van der Waals surface area contributed by atoms with E-state index in [1.165, 1.54) is 0 Å². The molecule has 0 aromatic heterocycles. The van der Waals surface area contributed by atoms with Gasteiger partial charge in [-0.2, -0.15) is 0 Å². The van der Waals surface area contributed by atoms with E-state index in [2.05, 4.69) is 0 Å². The number of aliphatic carboxylic acids is 1. The van der Waals surface area contributed by atoms with Crippen molar-refractivity contribution in [3.05, 3.63) is 0 Å². The van der Waals surface area contributed by atoms with Crippen LogP contribution >= 0.6 is 12.4 Å². The molecule has 1 fully saturated rings. The summed E-state index contributed by atoms with van der Waals surface area (Å²) in [6.07, 6.45) is 2.59. The number of rotatable bonds is 2. The van der Waals surface area contributed by atoms with E-state index in [0.29, 0.717) is 12.8 Å². The SMILES string of the molecule is Cl.N[C@@H](C(=O)O)C1CCC(O)CC1. The lowest BCUT2D eigenvalue weighted by molar-refractivity contribution is -0.140. The van der Waals surface area contributed by atoms with Crippen LogP contribution in [0.3, 0.4) is 0 Å². The molecule has 1 saturated carbocycles. The van der Waals surface area contributed by atoms with Crippen molar-refractivity contribution in [1.82, 2.24) is 0 Å². The van der Waals surface area contributed by atoms with Crippen LogP contribution in [0.4, 0.5) is 0 Å². The molecule has 4 N–H and O–H groups in total. The second-order valence-electron chi connectivity index (χ2n) is 3.43.